The Balaban J connectivity index is 2.08. The third-order valence-electron chi connectivity index (χ3n) is 3.36. The minimum absolute atomic E-state index is 0.0767. The normalized spacial score (nSPS) is 12.9. The summed E-state index contributed by atoms with van der Waals surface area (Å²) < 4.78 is 43.8. The molecular formula is C16H17F3N2O3. The lowest BCUT2D eigenvalue weighted by atomic mass is 10.0. The monoisotopic (exact) mass is 342 g/mol. The second-order valence-electron chi connectivity index (χ2n) is 5.32. The van der Waals surface area contributed by atoms with Gasteiger partial charge < -0.3 is 9.84 Å². The number of Topliss-reactive ketones (excluding diaryl/α,β-unsaturated/α-hetero) is 1. The van der Waals surface area contributed by atoms with Gasteiger partial charge >= 0.3 is 6.18 Å². The van der Waals surface area contributed by atoms with Crippen LogP contribution in [0.15, 0.2) is 36.5 Å². The summed E-state index contributed by atoms with van der Waals surface area (Å²) >= 11 is 0. The fourth-order valence-electron chi connectivity index (χ4n) is 2.11. The standard InChI is InChI=1S/C16H17F3N2O3/c1-11(22)14(23)8-12-4-2-3-5-15(12)24-9-13-6-7-20-21(13)10-16(17,18)19/h2-7,14,23H,8-10H2,1H3/t14-/m1/s1. The molecule has 0 aliphatic rings. The number of hydrogen-bond acceptors (Lipinski definition) is 4. The van der Waals surface area contributed by atoms with Crippen LogP contribution in [0.4, 0.5) is 13.2 Å². The number of carbonyl (C=O) groups excluding carboxylic acids is 1. The van der Waals surface area contributed by atoms with Crippen LogP contribution in [-0.4, -0.2) is 33.0 Å². The maximum Gasteiger partial charge on any atom is 0.408 e. The molecule has 0 radical (unpaired) electrons. The maximum atomic E-state index is 12.5. The fraction of sp³-hybridized carbons (Fsp3) is 0.375. The molecule has 130 valence electrons. The van der Waals surface area contributed by atoms with E-state index in [0.29, 0.717) is 11.3 Å². The summed E-state index contributed by atoms with van der Waals surface area (Å²) in [5.41, 5.74) is 0.872. The van der Waals surface area contributed by atoms with E-state index in [1.807, 2.05) is 0 Å². The van der Waals surface area contributed by atoms with Gasteiger partial charge in [0.25, 0.3) is 0 Å². The SMILES string of the molecule is CC(=O)[C@H](O)Cc1ccccc1OCc1ccnn1CC(F)(F)F. The molecule has 2 rings (SSSR count). The zero-order valence-electron chi connectivity index (χ0n) is 13.0. The van der Waals surface area contributed by atoms with Crippen molar-refractivity contribution in [3.8, 4) is 5.75 Å². The molecule has 1 N–H and O–H groups in total. The van der Waals surface area contributed by atoms with E-state index in [-0.39, 0.29) is 24.5 Å². The van der Waals surface area contributed by atoms with Crippen LogP contribution in [-0.2, 0) is 24.4 Å². The average Bonchev–Trinajstić information content (AvgIpc) is 2.91. The van der Waals surface area contributed by atoms with Crippen molar-refractivity contribution in [1.82, 2.24) is 9.78 Å². The average molecular weight is 342 g/mol. The Hall–Kier alpha value is -2.35. The van der Waals surface area contributed by atoms with Crippen molar-refractivity contribution in [2.45, 2.75) is 38.8 Å². The number of aliphatic hydroxyl groups excluding tert-OH is 1. The number of ether oxygens (including phenoxy) is 1. The van der Waals surface area contributed by atoms with Crippen molar-refractivity contribution in [1.29, 1.82) is 0 Å². The summed E-state index contributed by atoms with van der Waals surface area (Å²) in [5, 5.41) is 13.3. The van der Waals surface area contributed by atoms with Gasteiger partial charge in [0.15, 0.2) is 5.78 Å². The number of carbonyl (C=O) groups is 1. The summed E-state index contributed by atoms with van der Waals surface area (Å²) in [5.74, 6) is 0.0330. The highest BCUT2D eigenvalue weighted by Crippen LogP contribution is 2.22. The number of aliphatic hydroxyl groups is 1. The Morgan fingerprint density at radius 2 is 2.04 bits per heavy atom. The highest BCUT2D eigenvalue weighted by molar-refractivity contribution is 5.80. The van der Waals surface area contributed by atoms with Crippen molar-refractivity contribution in [2.24, 2.45) is 0 Å². The zero-order chi connectivity index (χ0) is 17.7. The maximum absolute atomic E-state index is 12.5. The third-order valence-corrected chi connectivity index (χ3v) is 3.36. The highest BCUT2D eigenvalue weighted by Gasteiger charge is 2.29. The van der Waals surface area contributed by atoms with Gasteiger partial charge in [0.2, 0.25) is 0 Å². The van der Waals surface area contributed by atoms with Gasteiger partial charge in [-0.1, -0.05) is 18.2 Å². The Kier molecular flexibility index (Phi) is 5.61. The second-order valence-corrected chi connectivity index (χ2v) is 5.32. The van der Waals surface area contributed by atoms with Crippen LogP contribution in [0.1, 0.15) is 18.2 Å². The number of hydrogen-bond donors (Lipinski definition) is 1. The van der Waals surface area contributed by atoms with Gasteiger partial charge in [-0.15, -0.1) is 0 Å². The fourth-order valence-corrected chi connectivity index (χ4v) is 2.11. The summed E-state index contributed by atoms with van der Waals surface area (Å²) in [6.45, 7) is -0.0174. The van der Waals surface area contributed by atoms with E-state index < -0.39 is 18.8 Å². The number of ketones is 1. The first-order valence-corrected chi connectivity index (χ1v) is 7.23. The number of nitrogens with zero attached hydrogens (tertiary/aromatic N) is 2. The van der Waals surface area contributed by atoms with E-state index in [4.69, 9.17) is 4.74 Å². The van der Waals surface area contributed by atoms with Gasteiger partial charge in [-0.2, -0.15) is 18.3 Å². The minimum Gasteiger partial charge on any atom is -0.487 e. The molecule has 1 aromatic carbocycles. The van der Waals surface area contributed by atoms with Crippen molar-refractivity contribution in [3.05, 3.63) is 47.8 Å². The molecule has 0 aliphatic heterocycles. The summed E-state index contributed by atoms with van der Waals surface area (Å²) in [7, 11) is 0. The van der Waals surface area contributed by atoms with Crippen molar-refractivity contribution in [2.75, 3.05) is 0 Å². The summed E-state index contributed by atoms with van der Waals surface area (Å²) in [6.07, 6.45) is -4.17. The second kappa shape index (κ2) is 7.48. The van der Waals surface area contributed by atoms with Gasteiger partial charge in [-0.05, 0) is 24.6 Å². The molecule has 1 heterocycles. The molecule has 0 unspecified atom stereocenters. The molecule has 0 amide bonds. The van der Waals surface area contributed by atoms with E-state index >= 15 is 0 Å². The lowest BCUT2D eigenvalue weighted by Gasteiger charge is -2.14. The van der Waals surface area contributed by atoms with Gasteiger partial charge in [0, 0.05) is 12.6 Å². The Morgan fingerprint density at radius 1 is 1.33 bits per heavy atom. The third kappa shape index (κ3) is 5.09. The van der Waals surface area contributed by atoms with Crippen LogP contribution < -0.4 is 4.74 Å². The molecule has 0 spiro atoms. The van der Waals surface area contributed by atoms with Gasteiger partial charge in [0.05, 0.1) is 5.69 Å². The van der Waals surface area contributed by atoms with Crippen molar-refractivity contribution < 1.29 is 27.8 Å². The molecule has 8 heteroatoms. The van der Waals surface area contributed by atoms with Crippen LogP contribution in [0.2, 0.25) is 0 Å². The molecule has 1 aromatic heterocycles. The topological polar surface area (TPSA) is 64.3 Å². The number of rotatable bonds is 7. The van der Waals surface area contributed by atoms with Crippen LogP contribution in [0.25, 0.3) is 0 Å². The lowest BCUT2D eigenvalue weighted by Crippen LogP contribution is -2.21. The van der Waals surface area contributed by atoms with Crippen LogP contribution in [0, 0.1) is 0 Å². The van der Waals surface area contributed by atoms with Crippen LogP contribution in [0.3, 0.4) is 0 Å². The molecule has 0 fully saturated rings. The van der Waals surface area contributed by atoms with Crippen molar-refractivity contribution >= 4 is 5.78 Å². The molecule has 1 atom stereocenters. The summed E-state index contributed by atoms with van der Waals surface area (Å²) in [6, 6.07) is 8.19. The molecule has 0 aliphatic carbocycles. The largest absolute Gasteiger partial charge is 0.487 e. The van der Waals surface area contributed by atoms with Gasteiger partial charge in [0.1, 0.15) is 25.0 Å². The number of aromatic nitrogens is 2. The summed E-state index contributed by atoms with van der Waals surface area (Å²) in [4.78, 5) is 11.2. The van der Waals surface area contributed by atoms with Crippen LogP contribution in [0.5, 0.6) is 5.75 Å². The number of benzene rings is 1. The molecule has 0 saturated carbocycles. The van der Waals surface area contributed by atoms with Crippen molar-refractivity contribution in [3.63, 3.8) is 0 Å². The molecule has 0 bridgehead atoms. The highest BCUT2D eigenvalue weighted by atomic mass is 19.4. The molecule has 5 nitrogen and oxygen atoms in total. The molecule has 2 aromatic rings. The molecular weight excluding hydrogens is 325 g/mol. The van der Waals surface area contributed by atoms with E-state index in [1.54, 1.807) is 24.3 Å². The predicted molar refractivity (Wildman–Crippen MR) is 79.4 cm³/mol. The lowest BCUT2D eigenvalue weighted by molar-refractivity contribution is -0.143. The molecule has 24 heavy (non-hydrogen) atoms. The van der Waals surface area contributed by atoms with E-state index in [2.05, 4.69) is 5.10 Å². The smallest absolute Gasteiger partial charge is 0.408 e. The number of para-hydroxylation sites is 1. The van der Waals surface area contributed by atoms with Gasteiger partial charge in [-0.25, -0.2) is 0 Å². The number of halogens is 3. The first-order valence-electron chi connectivity index (χ1n) is 7.23. The van der Waals surface area contributed by atoms with E-state index in [9.17, 15) is 23.1 Å². The first-order chi connectivity index (χ1) is 11.3. The van der Waals surface area contributed by atoms with Crippen LogP contribution >= 0.6 is 0 Å². The minimum atomic E-state index is -4.37. The zero-order valence-corrected chi connectivity index (χ0v) is 13.0. The van der Waals surface area contributed by atoms with Gasteiger partial charge in [-0.3, -0.25) is 9.48 Å². The Bertz CT molecular complexity index is 698. The Morgan fingerprint density at radius 3 is 2.71 bits per heavy atom. The first kappa shape index (κ1) is 18.0. The quantitative estimate of drug-likeness (QED) is 0.840. The molecule has 0 saturated heterocycles. The number of alkyl halides is 3. The predicted octanol–water partition coefficient (Wildman–Crippen LogP) is 2.52. The van der Waals surface area contributed by atoms with E-state index in [1.165, 1.54) is 19.2 Å². The Labute approximate surface area is 136 Å². The van der Waals surface area contributed by atoms with E-state index in [0.717, 1.165) is 4.68 Å².